The minimum atomic E-state index is -0.0110. The molecule has 1 aromatic carbocycles. The van der Waals surface area contributed by atoms with Crippen LogP contribution in [0.25, 0.3) is 0 Å². The largest absolute Gasteiger partial charge is 0.378 e. The summed E-state index contributed by atoms with van der Waals surface area (Å²) in [6.45, 7) is 5.42. The molecule has 0 aliphatic carbocycles. The van der Waals surface area contributed by atoms with Crippen LogP contribution in [0.4, 0.5) is 0 Å². The molecule has 2 atom stereocenters. The Bertz CT molecular complexity index is 541. The number of rotatable bonds is 9. The Morgan fingerprint density at radius 3 is 2.72 bits per heavy atom. The van der Waals surface area contributed by atoms with Gasteiger partial charge in [0.05, 0.1) is 6.10 Å². The van der Waals surface area contributed by atoms with E-state index in [4.69, 9.17) is 4.74 Å². The first-order chi connectivity index (χ1) is 12.0. The zero-order valence-electron chi connectivity index (χ0n) is 15.4. The molecule has 0 aromatic heterocycles. The molecular weight excluding hydrogens is 316 g/mol. The van der Waals surface area contributed by atoms with Crippen LogP contribution in [0.5, 0.6) is 0 Å². The Balaban J connectivity index is 1.69. The van der Waals surface area contributed by atoms with Crippen molar-refractivity contribution >= 4 is 11.8 Å². The van der Waals surface area contributed by atoms with Crippen molar-refractivity contribution in [1.29, 1.82) is 0 Å². The van der Waals surface area contributed by atoms with Gasteiger partial charge in [0.1, 0.15) is 0 Å². The average Bonchev–Trinajstić information content (AvgIpc) is 3.11. The van der Waals surface area contributed by atoms with E-state index in [2.05, 4.69) is 5.32 Å². The van der Waals surface area contributed by atoms with Gasteiger partial charge in [-0.1, -0.05) is 30.3 Å². The summed E-state index contributed by atoms with van der Waals surface area (Å²) in [6.07, 6.45) is 4.89. The summed E-state index contributed by atoms with van der Waals surface area (Å²) in [5.74, 6) is -0.0118. The van der Waals surface area contributed by atoms with Gasteiger partial charge >= 0.3 is 0 Å². The molecular formula is C20H30N2O3. The number of nitrogens with one attached hydrogen (secondary N) is 1. The number of benzene rings is 1. The third kappa shape index (κ3) is 7.26. The molecule has 25 heavy (non-hydrogen) atoms. The number of ether oxygens (including phenoxy) is 1. The highest BCUT2D eigenvalue weighted by Gasteiger charge is 2.17. The van der Waals surface area contributed by atoms with Crippen molar-refractivity contribution in [2.75, 3.05) is 13.2 Å². The number of nitrogens with zero attached hydrogens (tertiary/aromatic N) is 1. The number of amides is 2. The van der Waals surface area contributed by atoms with Gasteiger partial charge in [0.15, 0.2) is 0 Å². The average molecular weight is 346 g/mol. The van der Waals surface area contributed by atoms with E-state index in [1.165, 1.54) is 0 Å². The van der Waals surface area contributed by atoms with Crippen LogP contribution in [0.15, 0.2) is 30.3 Å². The Morgan fingerprint density at radius 2 is 2.08 bits per heavy atom. The number of carbonyl (C=O) groups excluding carboxylic acids is 2. The molecule has 2 rings (SSSR count). The van der Waals surface area contributed by atoms with Crippen molar-refractivity contribution in [1.82, 2.24) is 10.2 Å². The van der Waals surface area contributed by atoms with Crippen LogP contribution in [-0.4, -0.2) is 42.0 Å². The van der Waals surface area contributed by atoms with Gasteiger partial charge < -0.3 is 15.0 Å². The molecule has 0 spiro atoms. The monoisotopic (exact) mass is 346 g/mol. The van der Waals surface area contributed by atoms with Crippen molar-refractivity contribution in [2.24, 2.45) is 0 Å². The smallest absolute Gasteiger partial charge is 0.221 e. The van der Waals surface area contributed by atoms with Gasteiger partial charge in [-0.15, -0.1) is 0 Å². The van der Waals surface area contributed by atoms with Gasteiger partial charge in [-0.3, -0.25) is 9.59 Å². The second-order valence-corrected chi connectivity index (χ2v) is 6.86. The third-order valence-electron chi connectivity index (χ3n) is 4.62. The van der Waals surface area contributed by atoms with Crippen molar-refractivity contribution in [3.63, 3.8) is 0 Å². The molecule has 0 unspecified atom stereocenters. The summed E-state index contributed by atoms with van der Waals surface area (Å²) in [4.78, 5) is 25.7. The molecule has 2 amide bonds. The molecule has 0 bridgehead atoms. The van der Waals surface area contributed by atoms with Crippen LogP contribution in [0, 0.1) is 0 Å². The van der Waals surface area contributed by atoms with Gasteiger partial charge in [-0.25, -0.2) is 0 Å². The number of carbonyl (C=O) groups is 2. The summed E-state index contributed by atoms with van der Waals surface area (Å²) >= 11 is 0. The van der Waals surface area contributed by atoms with Crippen molar-refractivity contribution in [3.05, 3.63) is 35.9 Å². The zero-order chi connectivity index (χ0) is 18.1. The topological polar surface area (TPSA) is 58.6 Å². The summed E-state index contributed by atoms with van der Waals surface area (Å²) in [5.41, 5.74) is 1.07. The molecule has 0 radical (unpaired) electrons. The first-order valence-electron chi connectivity index (χ1n) is 9.25. The lowest BCUT2D eigenvalue weighted by molar-refractivity contribution is -0.130. The maximum atomic E-state index is 12.1. The molecule has 5 heteroatoms. The van der Waals surface area contributed by atoms with Gasteiger partial charge in [0.2, 0.25) is 11.8 Å². The molecule has 5 nitrogen and oxygen atoms in total. The molecule has 138 valence electrons. The third-order valence-corrected chi connectivity index (χ3v) is 4.62. The first kappa shape index (κ1) is 19.4. The highest BCUT2D eigenvalue weighted by atomic mass is 16.5. The molecule has 1 aliphatic heterocycles. The predicted octanol–water partition coefficient (Wildman–Crippen LogP) is 2.89. The Morgan fingerprint density at radius 1 is 1.32 bits per heavy atom. The van der Waals surface area contributed by atoms with Gasteiger partial charge in [-0.2, -0.15) is 0 Å². The Hall–Kier alpha value is -1.88. The van der Waals surface area contributed by atoms with E-state index in [1.54, 1.807) is 11.8 Å². The lowest BCUT2D eigenvalue weighted by Gasteiger charge is -2.22. The van der Waals surface area contributed by atoms with Crippen LogP contribution >= 0.6 is 0 Å². The zero-order valence-corrected chi connectivity index (χ0v) is 15.4. The van der Waals surface area contributed by atoms with Crippen LogP contribution < -0.4 is 5.32 Å². The van der Waals surface area contributed by atoms with Gasteiger partial charge in [-0.05, 0) is 38.2 Å². The molecule has 1 heterocycles. The minimum Gasteiger partial charge on any atom is -0.378 e. The van der Waals surface area contributed by atoms with E-state index in [0.29, 0.717) is 25.6 Å². The van der Waals surface area contributed by atoms with Gasteiger partial charge in [0, 0.05) is 39.1 Å². The standard InChI is InChI=1S/C20H30N2O3/c1-16(10-11-19-9-6-14-25-19)21-20(24)12-13-22(17(2)23)15-18-7-4-3-5-8-18/h3-5,7-8,16,19H,6,9-15H2,1-2H3,(H,21,24)/t16-,19-/m0/s1. The fraction of sp³-hybridized carbons (Fsp3) is 0.600. The molecule has 0 saturated carbocycles. The molecule has 1 N–H and O–H groups in total. The summed E-state index contributed by atoms with van der Waals surface area (Å²) in [7, 11) is 0. The van der Waals surface area contributed by atoms with E-state index in [-0.39, 0.29) is 17.9 Å². The molecule has 1 aliphatic rings. The summed E-state index contributed by atoms with van der Waals surface area (Å²) in [6, 6.07) is 9.97. The number of hydrogen-bond donors (Lipinski definition) is 1. The maximum absolute atomic E-state index is 12.1. The lowest BCUT2D eigenvalue weighted by atomic mass is 10.1. The summed E-state index contributed by atoms with van der Waals surface area (Å²) in [5, 5.41) is 3.03. The molecule has 1 fully saturated rings. The second-order valence-electron chi connectivity index (χ2n) is 6.86. The van der Waals surface area contributed by atoms with E-state index in [1.807, 2.05) is 37.3 Å². The lowest BCUT2D eigenvalue weighted by Crippen LogP contribution is -2.37. The van der Waals surface area contributed by atoms with E-state index in [9.17, 15) is 9.59 Å². The fourth-order valence-corrected chi connectivity index (χ4v) is 3.12. The number of hydrogen-bond acceptors (Lipinski definition) is 3. The molecule has 1 aromatic rings. The summed E-state index contributed by atoms with van der Waals surface area (Å²) < 4.78 is 5.61. The van der Waals surface area contributed by atoms with Crippen LogP contribution in [0.2, 0.25) is 0 Å². The van der Waals surface area contributed by atoms with Crippen LogP contribution in [0.3, 0.4) is 0 Å². The van der Waals surface area contributed by atoms with Crippen LogP contribution in [-0.2, 0) is 20.9 Å². The second kappa shape index (κ2) is 10.2. The highest BCUT2D eigenvalue weighted by molar-refractivity contribution is 5.78. The predicted molar refractivity (Wildman–Crippen MR) is 98.0 cm³/mol. The fourth-order valence-electron chi connectivity index (χ4n) is 3.12. The highest BCUT2D eigenvalue weighted by Crippen LogP contribution is 2.17. The quantitative estimate of drug-likeness (QED) is 0.748. The van der Waals surface area contributed by atoms with E-state index in [0.717, 1.165) is 37.9 Å². The van der Waals surface area contributed by atoms with Crippen molar-refractivity contribution in [2.45, 2.75) is 64.6 Å². The minimum absolute atomic E-state index is 0.000785. The van der Waals surface area contributed by atoms with Crippen molar-refractivity contribution < 1.29 is 14.3 Å². The van der Waals surface area contributed by atoms with E-state index < -0.39 is 0 Å². The van der Waals surface area contributed by atoms with Crippen molar-refractivity contribution in [3.8, 4) is 0 Å². The van der Waals surface area contributed by atoms with E-state index >= 15 is 0 Å². The molecule has 1 saturated heterocycles. The van der Waals surface area contributed by atoms with Gasteiger partial charge in [0.25, 0.3) is 0 Å². The SMILES string of the molecule is CC(=O)N(CCC(=O)N[C@@H](C)CC[C@@H]1CCCO1)Cc1ccccc1. The Labute approximate surface area is 150 Å². The van der Waals surface area contributed by atoms with Crippen LogP contribution in [0.1, 0.15) is 51.5 Å². The Kier molecular flexibility index (Phi) is 7.92. The normalized spacial score (nSPS) is 17.9. The maximum Gasteiger partial charge on any atom is 0.221 e. The first-order valence-corrected chi connectivity index (χ1v) is 9.25.